The number of aromatic nitrogens is 5. The second kappa shape index (κ2) is 9.54. The van der Waals surface area contributed by atoms with Crippen LogP contribution in [-0.4, -0.2) is 81.0 Å². The number of fused-ring (bicyclic) bond motifs is 1. The third-order valence-electron chi connectivity index (χ3n) is 7.02. The molecule has 5 rings (SSSR count). The highest BCUT2D eigenvalue weighted by Gasteiger charge is 2.38. The van der Waals surface area contributed by atoms with Crippen molar-refractivity contribution in [2.24, 2.45) is 0 Å². The lowest BCUT2D eigenvalue weighted by molar-refractivity contribution is -0.0332. The minimum Gasteiger partial charge on any atom is -0.387 e. The van der Waals surface area contributed by atoms with E-state index in [1.54, 1.807) is 17.2 Å². The van der Waals surface area contributed by atoms with Gasteiger partial charge in [0.25, 0.3) is 0 Å². The van der Waals surface area contributed by atoms with Gasteiger partial charge in [0.2, 0.25) is 5.95 Å². The van der Waals surface area contributed by atoms with E-state index in [1.165, 1.54) is 6.92 Å². The quantitative estimate of drug-likeness (QED) is 0.546. The van der Waals surface area contributed by atoms with Gasteiger partial charge < -0.3 is 25.0 Å². The molecule has 11 heteroatoms. The van der Waals surface area contributed by atoms with Crippen molar-refractivity contribution in [3.8, 4) is 0 Å². The molecule has 188 valence electrons. The van der Waals surface area contributed by atoms with E-state index in [1.807, 2.05) is 12.3 Å². The van der Waals surface area contributed by atoms with Crippen molar-refractivity contribution < 1.29 is 14.2 Å². The second-order valence-electron chi connectivity index (χ2n) is 9.60. The Labute approximate surface area is 204 Å². The molecule has 2 aliphatic heterocycles. The first-order chi connectivity index (χ1) is 16.9. The van der Waals surface area contributed by atoms with Crippen molar-refractivity contribution in [2.45, 2.75) is 51.4 Å². The number of ether oxygens (including phenoxy) is 1. The summed E-state index contributed by atoms with van der Waals surface area (Å²) in [6, 6.07) is 3.99. The first kappa shape index (κ1) is 23.7. The normalized spacial score (nSPS) is 24.1. The summed E-state index contributed by atoms with van der Waals surface area (Å²) in [6.45, 7) is 9.38. The number of piperidine rings is 1. The third kappa shape index (κ3) is 4.74. The molecule has 0 unspecified atom stereocenters. The summed E-state index contributed by atoms with van der Waals surface area (Å²) in [7, 11) is 0. The number of nitrogens with zero attached hydrogens (tertiary/aromatic N) is 7. The molecule has 0 aliphatic carbocycles. The van der Waals surface area contributed by atoms with E-state index >= 15 is 0 Å². The van der Waals surface area contributed by atoms with Crippen LogP contribution in [0.1, 0.15) is 39.7 Å². The van der Waals surface area contributed by atoms with Crippen LogP contribution in [0.3, 0.4) is 0 Å². The van der Waals surface area contributed by atoms with Gasteiger partial charge in [-0.3, -0.25) is 4.68 Å². The molecule has 3 atom stereocenters. The summed E-state index contributed by atoms with van der Waals surface area (Å²) in [5.41, 5.74) is -0.309. The number of nitrogens with one attached hydrogen (secondary N) is 1. The standard InChI is InChI=1S/C24H33FN8O2/c1-4-16(2)33-18-13-21(27-14-17(18)22(30-33)31-9-11-35-12-10-31)28-20-5-7-26-23(29-20)32-8-6-24(3,34)19(25)15-32/h5,7,13-14,16,19,34H,4,6,8-12,15H2,1-3H3,(H,26,27,28,29)/t16-,19+,24-/m1/s1. The Balaban J connectivity index is 1.41. The van der Waals surface area contributed by atoms with Crippen LogP contribution in [0, 0.1) is 0 Å². The van der Waals surface area contributed by atoms with Crippen molar-refractivity contribution in [1.29, 1.82) is 0 Å². The lowest BCUT2D eigenvalue weighted by atomic mass is 9.92. The van der Waals surface area contributed by atoms with E-state index in [0.717, 1.165) is 36.2 Å². The number of alkyl halides is 1. The predicted molar refractivity (Wildman–Crippen MR) is 133 cm³/mol. The van der Waals surface area contributed by atoms with Crippen LogP contribution in [0.25, 0.3) is 10.9 Å². The SMILES string of the molecule is CC[C@@H](C)n1nc(N2CCOCC2)c2cnc(Nc3ccnc(N4CC[C@@](C)(O)[C@@H](F)C4)n3)cc21. The molecule has 0 amide bonds. The fourth-order valence-corrected chi connectivity index (χ4v) is 4.49. The van der Waals surface area contributed by atoms with Crippen LogP contribution in [0.4, 0.5) is 27.8 Å². The van der Waals surface area contributed by atoms with E-state index in [9.17, 15) is 9.50 Å². The van der Waals surface area contributed by atoms with Gasteiger partial charge in [0.05, 0.1) is 36.3 Å². The largest absolute Gasteiger partial charge is 0.387 e. The van der Waals surface area contributed by atoms with Crippen molar-refractivity contribution in [1.82, 2.24) is 24.7 Å². The highest BCUT2D eigenvalue weighted by molar-refractivity contribution is 5.92. The maximum atomic E-state index is 14.4. The molecule has 2 N–H and O–H groups in total. The average Bonchev–Trinajstić information content (AvgIpc) is 3.25. The van der Waals surface area contributed by atoms with Gasteiger partial charge in [-0.25, -0.2) is 14.4 Å². The molecule has 2 aliphatic rings. The molecular weight excluding hydrogens is 451 g/mol. The molecule has 0 radical (unpaired) electrons. The molecule has 2 fully saturated rings. The zero-order valence-electron chi connectivity index (χ0n) is 20.5. The van der Waals surface area contributed by atoms with E-state index in [4.69, 9.17) is 9.84 Å². The minimum absolute atomic E-state index is 0.0546. The number of anilines is 4. The zero-order chi connectivity index (χ0) is 24.6. The topological polar surface area (TPSA) is 104 Å². The lowest BCUT2D eigenvalue weighted by Gasteiger charge is -2.38. The fraction of sp³-hybridized carbons (Fsp3) is 0.583. The molecule has 35 heavy (non-hydrogen) atoms. The fourth-order valence-electron chi connectivity index (χ4n) is 4.49. The van der Waals surface area contributed by atoms with Crippen molar-refractivity contribution in [3.63, 3.8) is 0 Å². The van der Waals surface area contributed by atoms with E-state index in [-0.39, 0.29) is 12.6 Å². The van der Waals surface area contributed by atoms with Gasteiger partial charge >= 0.3 is 0 Å². The van der Waals surface area contributed by atoms with Gasteiger partial charge in [0.15, 0.2) is 5.82 Å². The first-order valence-corrected chi connectivity index (χ1v) is 12.3. The molecule has 10 nitrogen and oxygen atoms in total. The van der Waals surface area contributed by atoms with Gasteiger partial charge in [-0.1, -0.05) is 6.92 Å². The molecule has 3 aromatic rings. The van der Waals surface area contributed by atoms with Crippen LogP contribution in [0.2, 0.25) is 0 Å². The number of hydrogen-bond donors (Lipinski definition) is 2. The first-order valence-electron chi connectivity index (χ1n) is 12.3. The number of halogens is 1. The van der Waals surface area contributed by atoms with Crippen LogP contribution < -0.4 is 15.1 Å². The number of rotatable bonds is 6. The van der Waals surface area contributed by atoms with Crippen molar-refractivity contribution >= 4 is 34.3 Å². The van der Waals surface area contributed by atoms with Gasteiger partial charge in [-0.2, -0.15) is 10.1 Å². The summed E-state index contributed by atoms with van der Waals surface area (Å²) in [6.07, 6.45) is 3.42. The molecule has 0 saturated carbocycles. The molecule has 0 spiro atoms. The Morgan fingerprint density at radius 3 is 2.77 bits per heavy atom. The average molecular weight is 485 g/mol. The molecule has 2 saturated heterocycles. The highest BCUT2D eigenvalue weighted by atomic mass is 19.1. The Hall–Kier alpha value is -3.05. The number of aliphatic hydroxyl groups is 1. The van der Waals surface area contributed by atoms with Gasteiger partial charge in [0, 0.05) is 44.1 Å². The minimum atomic E-state index is -1.36. The maximum Gasteiger partial charge on any atom is 0.227 e. The van der Waals surface area contributed by atoms with Gasteiger partial charge in [-0.05, 0) is 32.8 Å². The van der Waals surface area contributed by atoms with Gasteiger partial charge in [-0.15, -0.1) is 0 Å². The van der Waals surface area contributed by atoms with Crippen LogP contribution >= 0.6 is 0 Å². The van der Waals surface area contributed by atoms with Crippen LogP contribution in [-0.2, 0) is 4.74 Å². The highest BCUT2D eigenvalue weighted by Crippen LogP contribution is 2.32. The van der Waals surface area contributed by atoms with Crippen LogP contribution in [0.15, 0.2) is 24.5 Å². The Kier molecular flexibility index (Phi) is 6.45. The van der Waals surface area contributed by atoms with E-state index in [0.29, 0.717) is 43.8 Å². The summed E-state index contributed by atoms with van der Waals surface area (Å²) in [4.78, 5) is 17.5. The second-order valence-corrected chi connectivity index (χ2v) is 9.60. The monoisotopic (exact) mass is 484 g/mol. The number of pyridine rings is 1. The molecule has 0 aromatic carbocycles. The summed E-state index contributed by atoms with van der Waals surface area (Å²) in [5, 5.41) is 19.4. The van der Waals surface area contributed by atoms with E-state index in [2.05, 4.69) is 43.7 Å². The Morgan fingerprint density at radius 2 is 2.03 bits per heavy atom. The molecule has 0 bridgehead atoms. The zero-order valence-corrected chi connectivity index (χ0v) is 20.5. The lowest BCUT2D eigenvalue weighted by Crippen LogP contribution is -2.52. The molecule has 5 heterocycles. The predicted octanol–water partition coefficient (Wildman–Crippen LogP) is 3.07. The number of hydrogen-bond acceptors (Lipinski definition) is 9. The Bertz CT molecular complexity index is 1180. The molecule has 3 aromatic heterocycles. The smallest absolute Gasteiger partial charge is 0.227 e. The van der Waals surface area contributed by atoms with Crippen molar-refractivity contribution in [3.05, 3.63) is 24.5 Å². The summed E-state index contributed by atoms with van der Waals surface area (Å²) < 4.78 is 22.0. The van der Waals surface area contributed by atoms with Gasteiger partial charge in [0.1, 0.15) is 17.8 Å². The third-order valence-corrected chi connectivity index (χ3v) is 7.02. The maximum absolute atomic E-state index is 14.4. The van der Waals surface area contributed by atoms with E-state index < -0.39 is 11.8 Å². The van der Waals surface area contributed by atoms with Crippen LogP contribution in [0.5, 0.6) is 0 Å². The number of morpholine rings is 1. The Morgan fingerprint density at radius 1 is 1.23 bits per heavy atom. The molecular formula is C24H33FN8O2. The van der Waals surface area contributed by atoms with Crippen molar-refractivity contribution in [2.75, 3.05) is 54.5 Å². The summed E-state index contributed by atoms with van der Waals surface area (Å²) >= 11 is 0. The summed E-state index contributed by atoms with van der Waals surface area (Å²) in [5.74, 6) is 2.57.